The van der Waals surface area contributed by atoms with Crippen molar-refractivity contribution in [1.82, 2.24) is 4.57 Å². The number of ketones is 1. The summed E-state index contributed by atoms with van der Waals surface area (Å²) >= 11 is 6.12. The van der Waals surface area contributed by atoms with E-state index in [-0.39, 0.29) is 33.8 Å². The van der Waals surface area contributed by atoms with Crippen molar-refractivity contribution < 1.29 is 9.90 Å². The van der Waals surface area contributed by atoms with Crippen LogP contribution in [0, 0.1) is 18.3 Å². The fourth-order valence-corrected chi connectivity index (χ4v) is 3.32. The first-order valence-electron chi connectivity index (χ1n) is 8.65. The third-order valence-electron chi connectivity index (χ3n) is 4.61. The second-order valence-corrected chi connectivity index (χ2v) is 6.72. The number of rotatable bonds is 5. The number of aryl methyl sites for hydroxylation is 1. The summed E-state index contributed by atoms with van der Waals surface area (Å²) in [5, 5.41) is 20.4. The molecular formula is C22H17ClN2O3. The van der Waals surface area contributed by atoms with Crippen molar-refractivity contribution >= 4 is 17.4 Å². The molecule has 0 aliphatic heterocycles. The molecule has 140 valence electrons. The van der Waals surface area contributed by atoms with Crippen molar-refractivity contribution in [2.75, 3.05) is 0 Å². The number of carbonyl (C=O) groups is 1. The van der Waals surface area contributed by atoms with Gasteiger partial charge >= 0.3 is 0 Å². The molecule has 0 aliphatic carbocycles. The minimum Gasteiger partial charge on any atom is -0.494 e. The van der Waals surface area contributed by atoms with Gasteiger partial charge in [-0.1, -0.05) is 54.1 Å². The van der Waals surface area contributed by atoms with Gasteiger partial charge in [-0.05, 0) is 36.6 Å². The summed E-state index contributed by atoms with van der Waals surface area (Å²) in [7, 11) is 0. The predicted molar refractivity (Wildman–Crippen MR) is 107 cm³/mol. The van der Waals surface area contributed by atoms with Crippen molar-refractivity contribution in [3.63, 3.8) is 0 Å². The van der Waals surface area contributed by atoms with Gasteiger partial charge in [0.2, 0.25) is 5.88 Å². The number of nitrogens with zero attached hydrogens (tertiary/aromatic N) is 2. The number of halogens is 1. The van der Waals surface area contributed by atoms with E-state index in [0.29, 0.717) is 6.42 Å². The van der Waals surface area contributed by atoms with E-state index in [1.807, 2.05) is 36.4 Å². The average Bonchev–Trinajstić information content (AvgIpc) is 2.69. The second kappa shape index (κ2) is 8.12. The van der Waals surface area contributed by atoms with Crippen LogP contribution in [-0.4, -0.2) is 15.5 Å². The van der Waals surface area contributed by atoms with Crippen LogP contribution in [0.3, 0.4) is 0 Å². The third-order valence-corrected chi connectivity index (χ3v) is 4.94. The molecule has 0 bridgehead atoms. The Morgan fingerprint density at radius 2 is 1.79 bits per heavy atom. The lowest BCUT2D eigenvalue weighted by Gasteiger charge is -2.16. The maximum absolute atomic E-state index is 13.0. The van der Waals surface area contributed by atoms with Crippen LogP contribution in [-0.2, 0) is 13.0 Å². The zero-order valence-corrected chi connectivity index (χ0v) is 15.9. The van der Waals surface area contributed by atoms with Crippen molar-refractivity contribution in [3.8, 4) is 11.9 Å². The van der Waals surface area contributed by atoms with E-state index >= 15 is 0 Å². The molecule has 1 aromatic heterocycles. The fraction of sp³-hybridized carbons (Fsp3) is 0.136. The summed E-state index contributed by atoms with van der Waals surface area (Å²) in [5.74, 6) is -0.993. The number of nitriles is 1. The van der Waals surface area contributed by atoms with Gasteiger partial charge in [0.1, 0.15) is 11.6 Å². The van der Waals surface area contributed by atoms with Crippen LogP contribution >= 0.6 is 11.6 Å². The Kier molecular flexibility index (Phi) is 5.62. The number of aromatic nitrogens is 1. The standard InChI is InChI=1S/C22H17ClN2O3/c1-14-17(13-24)21(27)25(12-11-15-7-3-2-4-8-15)22(28)19(14)20(26)16-9-5-6-10-18(16)23/h2-10,28H,11-12H2,1H3. The highest BCUT2D eigenvalue weighted by Crippen LogP contribution is 2.27. The Morgan fingerprint density at radius 3 is 2.43 bits per heavy atom. The Hall–Kier alpha value is -3.36. The highest BCUT2D eigenvalue weighted by molar-refractivity contribution is 6.35. The number of carbonyl (C=O) groups excluding carboxylic acids is 1. The molecule has 3 aromatic rings. The van der Waals surface area contributed by atoms with Gasteiger partial charge in [-0.15, -0.1) is 0 Å². The van der Waals surface area contributed by atoms with Crippen molar-refractivity contribution in [2.45, 2.75) is 19.9 Å². The molecule has 1 N–H and O–H groups in total. The van der Waals surface area contributed by atoms with Gasteiger partial charge in [0, 0.05) is 12.1 Å². The van der Waals surface area contributed by atoms with Crippen LogP contribution < -0.4 is 5.56 Å². The van der Waals surface area contributed by atoms with E-state index in [1.165, 1.54) is 13.0 Å². The molecule has 1 heterocycles. The first-order valence-corrected chi connectivity index (χ1v) is 9.03. The minimum atomic E-state index is -0.621. The summed E-state index contributed by atoms with van der Waals surface area (Å²) in [6, 6.07) is 17.7. The molecular weight excluding hydrogens is 376 g/mol. The summed E-state index contributed by atoms with van der Waals surface area (Å²) in [6.07, 6.45) is 0.460. The Labute approximate surface area is 167 Å². The van der Waals surface area contributed by atoms with Gasteiger partial charge in [0.05, 0.1) is 10.6 Å². The molecule has 6 heteroatoms. The minimum absolute atomic E-state index is 0.0858. The molecule has 0 unspecified atom stereocenters. The van der Waals surface area contributed by atoms with Crippen LogP contribution in [0.4, 0.5) is 0 Å². The number of benzene rings is 2. The average molecular weight is 393 g/mol. The molecule has 0 fully saturated rings. The Balaban J connectivity index is 2.13. The molecule has 0 radical (unpaired) electrons. The molecule has 0 aliphatic rings. The van der Waals surface area contributed by atoms with E-state index in [4.69, 9.17) is 11.6 Å². The number of pyridine rings is 1. The van der Waals surface area contributed by atoms with Crippen LogP contribution in [0.1, 0.15) is 32.6 Å². The van der Waals surface area contributed by atoms with Gasteiger partial charge in [0.15, 0.2) is 5.78 Å². The van der Waals surface area contributed by atoms with Crippen LogP contribution in [0.2, 0.25) is 5.02 Å². The highest BCUT2D eigenvalue weighted by Gasteiger charge is 2.25. The van der Waals surface area contributed by atoms with E-state index in [0.717, 1.165) is 10.1 Å². The molecule has 2 aromatic carbocycles. The molecule has 3 rings (SSSR count). The normalized spacial score (nSPS) is 10.5. The molecule has 28 heavy (non-hydrogen) atoms. The topological polar surface area (TPSA) is 83.1 Å². The summed E-state index contributed by atoms with van der Waals surface area (Å²) < 4.78 is 1.07. The first-order chi connectivity index (χ1) is 13.5. The van der Waals surface area contributed by atoms with Crippen LogP contribution in [0.15, 0.2) is 59.4 Å². The fourth-order valence-electron chi connectivity index (χ4n) is 3.10. The lowest BCUT2D eigenvalue weighted by Crippen LogP contribution is -2.27. The van der Waals surface area contributed by atoms with E-state index < -0.39 is 17.2 Å². The van der Waals surface area contributed by atoms with Gasteiger partial charge in [0.25, 0.3) is 5.56 Å². The van der Waals surface area contributed by atoms with Crippen molar-refractivity contribution in [3.05, 3.63) is 97.8 Å². The van der Waals surface area contributed by atoms with Crippen molar-refractivity contribution in [2.24, 2.45) is 0 Å². The smallest absolute Gasteiger partial charge is 0.271 e. The number of hydrogen-bond acceptors (Lipinski definition) is 4. The molecule has 0 saturated carbocycles. The Bertz CT molecular complexity index is 1140. The van der Waals surface area contributed by atoms with Crippen molar-refractivity contribution in [1.29, 1.82) is 5.26 Å². The molecule has 0 atom stereocenters. The third kappa shape index (κ3) is 3.55. The summed E-state index contributed by atoms with van der Waals surface area (Å²) in [6.45, 7) is 1.61. The Morgan fingerprint density at radius 1 is 1.14 bits per heavy atom. The summed E-state index contributed by atoms with van der Waals surface area (Å²) in [5.41, 5.74) is 0.431. The monoisotopic (exact) mass is 392 g/mol. The summed E-state index contributed by atoms with van der Waals surface area (Å²) in [4.78, 5) is 25.7. The van der Waals surface area contributed by atoms with E-state index in [9.17, 15) is 20.0 Å². The lowest BCUT2D eigenvalue weighted by molar-refractivity contribution is 0.103. The van der Waals surface area contributed by atoms with E-state index in [1.54, 1.807) is 18.2 Å². The maximum atomic E-state index is 13.0. The largest absolute Gasteiger partial charge is 0.494 e. The molecule has 0 spiro atoms. The first kappa shape index (κ1) is 19.4. The SMILES string of the molecule is Cc1c(C(=O)c2ccccc2Cl)c(O)n(CCc2ccccc2)c(=O)c1C#N. The zero-order chi connectivity index (χ0) is 20.3. The predicted octanol–water partition coefficient (Wildman–Crippen LogP) is 3.86. The molecule has 5 nitrogen and oxygen atoms in total. The zero-order valence-electron chi connectivity index (χ0n) is 15.1. The van der Waals surface area contributed by atoms with Crippen LogP contribution in [0.5, 0.6) is 5.88 Å². The van der Waals surface area contributed by atoms with Gasteiger partial charge in [-0.2, -0.15) is 5.26 Å². The lowest BCUT2D eigenvalue weighted by atomic mass is 9.97. The van der Waals surface area contributed by atoms with Gasteiger partial charge in [-0.3, -0.25) is 14.2 Å². The van der Waals surface area contributed by atoms with E-state index in [2.05, 4.69) is 0 Å². The second-order valence-electron chi connectivity index (χ2n) is 6.31. The molecule has 0 saturated heterocycles. The highest BCUT2D eigenvalue weighted by atomic mass is 35.5. The van der Waals surface area contributed by atoms with Gasteiger partial charge in [-0.25, -0.2) is 0 Å². The molecule has 0 amide bonds. The van der Waals surface area contributed by atoms with Gasteiger partial charge < -0.3 is 5.11 Å². The maximum Gasteiger partial charge on any atom is 0.271 e. The number of aromatic hydroxyl groups is 1. The van der Waals surface area contributed by atoms with Crippen LogP contribution in [0.25, 0.3) is 0 Å². The quantitative estimate of drug-likeness (QED) is 0.668. The number of hydrogen-bond donors (Lipinski definition) is 1.